The van der Waals surface area contributed by atoms with Crippen molar-refractivity contribution in [2.45, 2.75) is 69.9 Å². The van der Waals surface area contributed by atoms with Crippen LogP contribution in [0.5, 0.6) is 5.75 Å². The first-order valence-electron chi connectivity index (χ1n) is 8.14. The summed E-state index contributed by atoms with van der Waals surface area (Å²) >= 11 is 0. The quantitative estimate of drug-likeness (QED) is 0.853. The second kappa shape index (κ2) is 5.40. The van der Waals surface area contributed by atoms with E-state index in [9.17, 15) is 0 Å². The average molecular weight is 273 g/mol. The van der Waals surface area contributed by atoms with Gasteiger partial charge in [0, 0.05) is 18.0 Å². The van der Waals surface area contributed by atoms with Crippen molar-refractivity contribution in [3.63, 3.8) is 0 Å². The van der Waals surface area contributed by atoms with Gasteiger partial charge in [-0.05, 0) is 50.3 Å². The third-order valence-electron chi connectivity index (χ3n) is 5.09. The number of ether oxygens (including phenoxy) is 1. The Labute approximate surface area is 122 Å². The van der Waals surface area contributed by atoms with E-state index in [1.807, 2.05) is 0 Å². The second-order valence-corrected chi connectivity index (χ2v) is 6.84. The third kappa shape index (κ3) is 2.46. The predicted molar refractivity (Wildman–Crippen MR) is 83.4 cm³/mol. The van der Waals surface area contributed by atoms with Crippen LogP contribution < -0.4 is 10.1 Å². The van der Waals surface area contributed by atoms with Crippen LogP contribution in [-0.4, -0.2) is 12.6 Å². The van der Waals surface area contributed by atoms with Crippen LogP contribution in [0.3, 0.4) is 0 Å². The summed E-state index contributed by atoms with van der Waals surface area (Å²) in [5.74, 6) is 1.69. The Hall–Kier alpha value is -1.02. The van der Waals surface area contributed by atoms with Crippen molar-refractivity contribution in [3.8, 4) is 5.75 Å². The zero-order valence-electron chi connectivity index (χ0n) is 13.0. The lowest BCUT2D eigenvalue weighted by atomic mass is 9.76. The van der Waals surface area contributed by atoms with Crippen molar-refractivity contribution in [2.24, 2.45) is 0 Å². The molecule has 1 aliphatic carbocycles. The van der Waals surface area contributed by atoms with Gasteiger partial charge in [0.15, 0.2) is 0 Å². The van der Waals surface area contributed by atoms with E-state index in [2.05, 4.69) is 44.4 Å². The Kier molecular flexibility index (Phi) is 3.76. The van der Waals surface area contributed by atoms with E-state index in [4.69, 9.17) is 4.74 Å². The van der Waals surface area contributed by atoms with Crippen LogP contribution in [0, 0.1) is 0 Å². The van der Waals surface area contributed by atoms with Crippen LogP contribution in [0.25, 0.3) is 0 Å². The monoisotopic (exact) mass is 273 g/mol. The number of hydrogen-bond acceptors (Lipinski definition) is 2. The second-order valence-electron chi connectivity index (χ2n) is 6.84. The fraction of sp³-hybridized carbons (Fsp3) is 0.667. The Morgan fingerprint density at radius 3 is 2.60 bits per heavy atom. The molecule has 1 heterocycles. The van der Waals surface area contributed by atoms with Gasteiger partial charge in [-0.25, -0.2) is 0 Å². The van der Waals surface area contributed by atoms with Crippen molar-refractivity contribution >= 4 is 0 Å². The highest BCUT2D eigenvalue weighted by molar-refractivity contribution is 5.43. The molecule has 0 aromatic heterocycles. The summed E-state index contributed by atoms with van der Waals surface area (Å²) in [7, 11) is 2.08. The first kappa shape index (κ1) is 13.9. The van der Waals surface area contributed by atoms with Gasteiger partial charge in [0.2, 0.25) is 0 Å². The van der Waals surface area contributed by atoms with E-state index in [-0.39, 0.29) is 5.60 Å². The van der Waals surface area contributed by atoms with E-state index < -0.39 is 0 Å². The van der Waals surface area contributed by atoms with Gasteiger partial charge in [-0.1, -0.05) is 32.4 Å². The topological polar surface area (TPSA) is 21.3 Å². The van der Waals surface area contributed by atoms with Gasteiger partial charge in [0.1, 0.15) is 11.4 Å². The minimum absolute atomic E-state index is 0.0955. The lowest BCUT2D eigenvalue weighted by Crippen LogP contribution is -2.45. The van der Waals surface area contributed by atoms with E-state index in [0.29, 0.717) is 12.0 Å². The molecule has 1 aromatic rings. The number of nitrogens with one attached hydrogen (secondary N) is 1. The summed E-state index contributed by atoms with van der Waals surface area (Å²) in [6, 6.07) is 7.22. The van der Waals surface area contributed by atoms with Gasteiger partial charge >= 0.3 is 0 Å². The van der Waals surface area contributed by atoms with Crippen molar-refractivity contribution in [2.75, 3.05) is 7.05 Å². The first-order valence-corrected chi connectivity index (χ1v) is 8.14. The van der Waals surface area contributed by atoms with E-state index in [0.717, 1.165) is 12.2 Å². The Balaban J connectivity index is 1.95. The number of hydrogen-bond donors (Lipinski definition) is 1. The molecular formula is C18H27NO. The van der Waals surface area contributed by atoms with Crippen molar-refractivity contribution in [1.29, 1.82) is 0 Å². The van der Waals surface area contributed by atoms with Crippen molar-refractivity contribution < 1.29 is 4.74 Å². The lowest BCUT2D eigenvalue weighted by Gasteiger charge is -2.44. The Morgan fingerprint density at radius 1 is 1.20 bits per heavy atom. The molecule has 1 N–H and O–H groups in total. The average Bonchev–Trinajstić information content (AvgIpc) is 2.46. The molecular weight excluding hydrogens is 246 g/mol. The van der Waals surface area contributed by atoms with Gasteiger partial charge in [-0.2, -0.15) is 0 Å². The molecule has 1 atom stereocenters. The molecule has 2 heteroatoms. The fourth-order valence-corrected chi connectivity index (χ4v) is 3.81. The van der Waals surface area contributed by atoms with Gasteiger partial charge in [-0.3, -0.25) is 0 Å². The molecule has 110 valence electrons. The summed E-state index contributed by atoms with van der Waals surface area (Å²) in [6.45, 7) is 4.50. The molecule has 1 unspecified atom stereocenters. The highest BCUT2D eigenvalue weighted by atomic mass is 16.5. The minimum atomic E-state index is 0.0955. The SMILES string of the molecule is CNC1CC2(CCCCC2)Oc2ccc(C(C)C)cc21. The molecule has 0 amide bonds. The van der Waals surface area contributed by atoms with Crippen LogP contribution in [-0.2, 0) is 0 Å². The summed E-state index contributed by atoms with van der Waals surface area (Å²) in [5, 5.41) is 3.52. The highest BCUT2D eigenvalue weighted by Crippen LogP contribution is 2.46. The first-order chi connectivity index (χ1) is 9.63. The molecule has 1 saturated carbocycles. The maximum atomic E-state index is 6.49. The predicted octanol–water partition coefficient (Wildman–Crippen LogP) is 4.56. The molecule has 0 saturated heterocycles. The van der Waals surface area contributed by atoms with Crippen LogP contribution in [0.4, 0.5) is 0 Å². The normalized spacial score (nSPS) is 24.5. The van der Waals surface area contributed by atoms with Gasteiger partial charge in [-0.15, -0.1) is 0 Å². The van der Waals surface area contributed by atoms with Gasteiger partial charge < -0.3 is 10.1 Å². The molecule has 2 aliphatic rings. The van der Waals surface area contributed by atoms with Gasteiger partial charge in [0.05, 0.1) is 0 Å². The smallest absolute Gasteiger partial charge is 0.124 e. The van der Waals surface area contributed by atoms with Crippen molar-refractivity contribution in [1.82, 2.24) is 5.32 Å². The largest absolute Gasteiger partial charge is 0.487 e. The number of benzene rings is 1. The van der Waals surface area contributed by atoms with Crippen molar-refractivity contribution in [3.05, 3.63) is 29.3 Å². The van der Waals surface area contributed by atoms with Crippen LogP contribution in [0.2, 0.25) is 0 Å². The molecule has 1 aromatic carbocycles. The summed E-state index contributed by atoms with van der Waals surface area (Å²) in [5.41, 5.74) is 2.86. The summed E-state index contributed by atoms with van der Waals surface area (Å²) in [6.07, 6.45) is 7.56. The molecule has 0 radical (unpaired) electrons. The zero-order valence-corrected chi connectivity index (χ0v) is 13.0. The van der Waals surface area contributed by atoms with Crippen LogP contribution >= 0.6 is 0 Å². The van der Waals surface area contributed by atoms with Crippen LogP contribution in [0.15, 0.2) is 18.2 Å². The van der Waals surface area contributed by atoms with E-state index in [1.165, 1.54) is 43.2 Å². The fourth-order valence-electron chi connectivity index (χ4n) is 3.81. The standard InChI is InChI=1S/C18H27NO/c1-13(2)14-7-8-17-15(11-14)16(19-3)12-18(20-17)9-5-4-6-10-18/h7-8,11,13,16,19H,4-6,9-10,12H2,1-3H3. The molecule has 2 nitrogen and oxygen atoms in total. The molecule has 1 spiro atoms. The minimum Gasteiger partial charge on any atom is -0.487 e. The van der Waals surface area contributed by atoms with E-state index in [1.54, 1.807) is 0 Å². The van der Waals surface area contributed by atoms with Crippen LogP contribution in [0.1, 0.15) is 75.5 Å². The lowest BCUT2D eigenvalue weighted by molar-refractivity contribution is -0.00179. The third-order valence-corrected chi connectivity index (χ3v) is 5.09. The zero-order chi connectivity index (χ0) is 14.2. The molecule has 1 aliphatic heterocycles. The highest BCUT2D eigenvalue weighted by Gasteiger charge is 2.41. The number of rotatable bonds is 2. The van der Waals surface area contributed by atoms with E-state index >= 15 is 0 Å². The Morgan fingerprint density at radius 2 is 1.95 bits per heavy atom. The maximum absolute atomic E-state index is 6.49. The number of fused-ring (bicyclic) bond motifs is 1. The maximum Gasteiger partial charge on any atom is 0.124 e. The van der Waals surface area contributed by atoms with Gasteiger partial charge in [0.25, 0.3) is 0 Å². The summed E-state index contributed by atoms with van der Waals surface area (Å²) in [4.78, 5) is 0. The molecule has 1 fully saturated rings. The molecule has 3 rings (SSSR count). The molecule has 20 heavy (non-hydrogen) atoms. The summed E-state index contributed by atoms with van der Waals surface area (Å²) < 4.78 is 6.49. The molecule has 0 bridgehead atoms. The Bertz CT molecular complexity index is 474.